The lowest BCUT2D eigenvalue weighted by atomic mass is 9.96. The number of benzene rings is 2. The number of carbonyl (C=O) groups is 1. The highest BCUT2D eigenvalue weighted by Gasteiger charge is 2.23. The molecule has 1 amide bonds. The Labute approximate surface area is 200 Å². The van der Waals surface area contributed by atoms with Gasteiger partial charge in [-0.25, -0.2) is 4.39 Å². The van der Waals surface area contributed by atoms with Gasteiger partial charge in [-0.05, 0) is 55.5 Å². The number of methoxy groups -OCH3 is 1. The van der Waals surface area contributed by atoms with Gasteiger partial charge in [0.05, 0.1) is 12.7 Å². The number of hydrogen-bond donors (Lipinski definition) is 1. The van der Waals surface area contributed by atoms with Gasteiger partial charge in [-0.15, -0.1) is 11.3 Å². The first-order valence-electron chi connectivity index (χ1n) is 10.6. The quantitative estimate of drug-likeness (QED) is 0.351. The van der Waals surface area contributed by atoms with Crippen molar-refractivity contribution in [1.29, 1.82) is 10.5 Å². The number of anilines is 1. The molecule has 0 aliphatic heterocycles. The van der Waals surface area contributed by atoms with Gasteiger partial charge in [0, 0.05) is 16.5 Å². The number of nitrogens with zero attached hydrogens (tertiary/aromatic N) is 2. The van der Waals surface area contributed by atoms with E-state index in [9.17, 15) is 19.7 Å². The van der Waals surface area contributed by atoms with Gasteiger partial charge in [0.15, 0.2) is 11.6 Å². The summed E-state index contributed by atoms with van der Waals surface area (Å²) in [4.78, 5) is 14.0. The van der Waals surface area contributed by atoms with E-state index in [1.165, 1.54) is 30.6 Å². The van der Waals surface area contributed by atoms with Gasteiger partial charge in [0.2, 0.25) is 0 Å². The van der Waals surface area contributed by atoms with Crippen molar-refractivity contribution in [3.8, 4) is 29.4 Å². The molecule has 1 aliphatic rings. The number of carbonyl (C=O) groups excluding carboxylic acids is 1. The number of amides is 1. The van der Waals surface area contributed by atoms with Gasteiger partial charge in [-0.2, -0.15) is 10.5 Å². The summed E-state index contributed by atoms with van der Waals surface area (Å²) in [5.74, 6) is -0.806. The first-order valence-corrected chi connectivity index (χ1v) is 11.4. The van der Waals surface area contributed by atoms with E-state index in [2.05, 4.69) is 11.4 Å². The number of halogens is 1. The maximum atomic E-state index is 14.6. The summed E-state index contributed by atoms with van der Waals surface area (Å²) in [5, 5.41) is 22.4. The van der Waals surface area contributed by atoms with E-state index in [1.807, 2.05) is 12.1 Å². The lowest BCUT2D eigenvalue weighted by Gasteiger charge is -2.11. The van der Waals surface area contributed by atoms with Crippen molar-refractivity contribution in [2.75, 3.05) is 12.4 Å². The minimum atomic E-state index is -0.658. The molecule has 3 aromatic rings. The highest BCUT2D eigenvalue weighted by Crippen LogP contribution is 2.38. The summed E-state index contributed by atoms with van der Waals surface area (Å²) >= 11 is 1.38. The number of aryl methyl sites for hydroxylation is 1. The second-order valence-electron chi connectivity index (χ2n) is 7.59. The third-order valence-electron chi connectivity index (χ3n) is 5.43. The second-order valence-corrected chi connectivity index (χ2v) is 8.70. The van der Waals surface area contributed by atoms with E-state index in [4.69, 9.17) is 9.47 Å². The zero-order chi connectivity index (χ0) is 24.1. The third kappa shape index (κ3) is 4.78. The molecule has 6 nitrogen and oxygen atoms in total. The van der Waals surface area contributed by atoms with E-state index in [1.54, 1.807) is 24.3 Å². The van der Waals surface area contributed by atoms with Crippen molar-refractivity contribution < 1.29 is 18.7 Å². The van der Waals surface area contributed by atoms with Gasteiger partial charge in [-0.1, -0.05) is 18.2 Å². The van der Waals surface area contributed by atoms with Crippen molar-refractivity contribution in [2.45, 2.75) is 25.7 Å². The van der Waals surface area contributed by atoms with E-state index >= 15 is 0 Å². The normalized spacial score (nSPS) is 12.8. The van der Waals surface area contributed by atoms with Gasteiger partial charge < -0.3 is 14.8 Å². The number of rotatable bonds is 6. The summed E-state index contributed by atoms with van der Waals surface area (Å²) in [6.45, 7) is 0. The third-order valence-corrected chi connectivity index (χ3v) is 6.64. The van der Waals surface area contributed by atoms with Crippen molar-refractivity contribution >= 4 is 28.3 Å². The molecule has 0 atom stereocenters. The molecule has 2 aromatic carbocycles. The monoisotopic (exact) mass is 473 g/mol. The molecular formula is C26H20FN3O3S. The Bertz CT molecular complexity index is 1350. The fraction of sp³-hybridized carbons (Fsp3) is 0.192. The lowest BCUT2D eigenvalue weighted by Crippen LogP contribution is -2.13. The predicted octanol–water partition coefficient (Wildman–Crippen LogP) is 5.98. The molecule has 1 N–H and O–H groups in total. The fourth-order valence-electron chi connectivity index (χ4n) is 3.78. The Balaban J connectivity index is 1.65. The van der Waals surface area contributed by atoms with Gasteiger partial charge in [0.1, 0.15) is 34.2 Å². The first kappa shape index (κ1) is 23.0. The highest BCUT2D eigenvalue weighted by atomic mass is 32.1. The molecular weight excluding hydrogens is 453 g/mol. The van der Waals surface area contributed by atoms with Crippen LogP contribution in [0.15, 0.2) is 48.0 Å². The number of ether oxygens (including phenoxy) is 2. The van der Waals surface area contributed by atoms with Crippen LogP contribution in [-0.2, 0) is 17.6 Å². The molecule has 1 heterocycles. The van der Waals surface area contributed by atoms with Gasteiger partial charge >= 0.3 is 0 Å². The predicted molar refractivity (Wildman–Crippen MR) is 127 cm³/mol. The average molecular weight is 474 g/mol. The maximum absolute atomic E-state index is 14.6. The zero-order valence-electron chi connectivity index (χ0n) is 18.4. The van der Waals surface area contributed by atoms with Crippen molar-refractivity contribution in [2.24, 2.45) is 0 Å². The molecule has 0 unspecified atom stereocenters. The van der Waals surface area contributed by atoms with E-state index < -0.39 is 11.7 Å². The second kappa shape index (κ2) is 10.2. The van der Waals surface area contributed by atoms with Crippen LogP contribution >= 0.6 is 11.3 Å². The summed E-state index contributed by atoms with van der Waals surface area (Å²) in [7, 11) is 1.37. The zero-order valence-corrected chi connectivity index (χ0v) is 19.2. The van der Waals surface area contributed by atoms with Crippen LogP contribution < -0.4 is 14.8 Å². The summed E-state index contributed by atoms with van der Waals surface area (Å²) in [6, 6.07) is 15.3. The largest absolute Gasteiger partial charge is 0.496 e. The number of nitrogens with one attached hydrogen (secondary N) is 1. The molecule has 0 fully saturated rings. The Hall–Kier alpha value is -4.14. The highest BCUT2D eigenvalue weighted by molar-refractivity contribution is 7.16. The van der Waals surface area contributed by atoms with Crippen LogP contribution in [0.25, 0.3) is 6.08 Å². The first-order chi connectivity index (χ1) is 16.5. The number of para-hydroxylation sites is 1. The van der Waals surface area contributed by atoms with Gasteiger partial charge in [0.25, 0.3) is 5.91 Å². The molecule has 170 valence electrons. The SMILES string of the molecule is COc1cc(F)c(Oc2ccccc2)cc1/C=C(\C#N)C(=O)Nc1sc2c(c1C#N)CCCC2. The number of thiophene rings is 1. The molecule has 0 saturated carbocycles. The van der Waals surface area contributed by atoms with E-state index in [0.717, 1.165) is 42.2 Å². The topological polar surface area (TPSA) is 95.1 Å². The molecule has 1 aromatic heterocycles. The van der Waals surface area contributed by atoms with E-state index in [-0.39, 0.29) is 17.1 Å². The lowest BCUT2D eigenvalue weighted by molar-refractivity contribution is -0.112. The Kier molecular flexibility index (Phi) is 6.91. The number of fused-ring (bicyclic) bond motifs is 1. The van der Waals surface area contributed by atoms with Crippen molar-refractivity contribution in [3.63, 3.8) is 0 Å². The minimum absolute atomic E-state index is 0.0753. The van der Waals surface area contributed by atoms with E-state index in [0.29, 0.717) is 21.9 Å². The van der Waals surface area contributed by atoms with Crippen LogP contribution in [0.2, 0.25) is 0 Å². The molecule has 1 aliphatic carbocycles. The summed E-state index contributed by atoms with van der Waals surface area (Å²) in [6.07, 6.45) is 5.05. The van der Waals surface area contributed by atoms with Gasteiger partial charge in [-0.3, -0.25) is 4.79 Å². The number of nitriles is 2. The summed E-state index contributed by atoms with van der Waals surface area (Å²) in [5.41, 5.74) is 1.53. The minimum Gasteiger partial charge on any atom is -0.496 e. The van der Waals surface area contributed by atoms with Crippen molar-refractivity contribution in [1.82, 2.24) is 0 Å². The Morgan fingerprint density at radius 1 is 1.15 bits per heavy atom. The Morgan fingerprint density at radius 2 is 1.91 bits per heavy atom. The fourth-order valence-corrected chi connectivity index (χ4v) is 5.02. The number of hydrogen-bond acceptors (Lipinski definition) is 6. The van der Waals surface area contributed by atoms with Crippen LogP contribution in [-0.4, -0.2) is 13.0 Å². The molecule has 0 spiro atoms. The van der Waals surface area contributed by atoms with Crippen LogP contribution in [0.3, 0.4) is 0 Å². The van der Waals surface area contributed by atoms with Crippen LogP contribution in [0.1, 0.15) is 34.4 Å². The van der Waals surface area contributed by atoms with Crippen molar-refractivity contribution in [3.05, 3.63) is 75.4 Å². The molecule has 34 heavy (non-hydrogen) atoms. The molecule has 0 bridgehead atoms. The standard InChI is InChI=1S/C26H20FN3O3S/c1-32-22-13-21(27)23(33-18-7-3-2-4-8-18)12-16(22)11-17(14-28)25(31)30-26-20(15-29)19-9-5-6-10-24(19)34-26/h2-4,7-8,11-13H,5-6,9-10H2,1H3,(H,30,31)/b17-11+. The average Bonchev–Trinajstić information content (AvgIpc) is 3.21. The van der Waals surface area contributed by atoms with Crippen LogP contribution in [0.4, 0.5) is 9.39 Å². The summed E-state index contributed by atoms with van der Waals surface area (Å²) < 4.78 is 25.4. The maximum Gasteiger partial charge on any atom is 0.266 e. The van der Waals surface area contributed by atoms with Crippen LogP contribution in [0.5, 0.6) is 17.2 Å². The molecule has 0 radical (unpaired) electrons. The van der Waals surface area contributed by atoms with Crippen LogP contribution in [0, 0.1) is 28.5 Å². The Morgan fingerprint density at radius 3 is 2.62 bits per heavy atom. The molecule has 8 heteroatoms. The molecule has 4 rings (SSSR count). The smallest absolute Gasteiger partial charge is 0.266 e. The molecule has 0 saturated heterocycles.